The molecule has 0 atom stereocenters. The van der Waals surface area contributed by atoms with Crippen molar-refractivity contribution in [2.45, 2.75) is 37.6 Å². The van der Waals surface area contributed by atoms with Gasteiger partial charge in [-0.15, -0.1) is 0 Å². The van der Waals surface area contributed by atoms with Gasteiger partial charge in [-0.3, -0.25) is 9.79 Å². The van der Waals surface area contributed by atoms with Crippen LogP contribution in [0.15, 0.2) is 59.6 Å². The van der Waals surface area contributed by atoms with Gasteiger partial charge in [-0.25, -0.2) is 0 Å². The lowest BCUT2D eigenvalue weighted by Gasteiger charge is -2.30. The summed E-state index contributed by atoms with van der Waals surface area (Å²) in [6.07, 6.45) is 4.94. The molecule has 0 unspecified atom stereocenters. The van der Waals surface area contributed by atoms with Crippen LogP contribution in [0.1, 0.15) is 36.8 Å². The molecule has 3 rings (SSSR count). The van der Waals surface area contributed by atoms with Gasteiger partial charge in [0.25, 0.3) is 5.91 Å². The third-order valence-electron chi connectivity index (χ3n) is 5.98. The molecule has 1 aliphatic carbocycles. The maximum absolute atomic E-state index is 11.7. The number of aliphatic imine (C=N–C) groups is 1. The van der Waals surface area contributed by atoms with Crippen LogP contribution in [0.3, 0.4) is 0 Å². The summed E-state index contributed by atoms with van der Waals surface area (Å²) < 4.78 is 5.62. The summed E-state index contributed by atoms with van der Waals surface area (Å²) >= 11 is 0. The zero-order valence-corrected chi connectivity index (χ0v) is 18.9. The lowest BCUT2D eigenvalue weighted by atomic mass is 9.79. The summed E-state index contributed by atoms with van der Waals surface area (Å²) in [6, 6.07) is 18.6. The Morgan fingerprint density at radius 1 is 1.06 bits per heavy atom. The molecule has 6 nitrogen and oxygen atoms in total. The molecule has 1 saturated carbocycles. The largest absolute Gasteiger partial charge is 0.484 e. The maximum atomic E-state index is 11.7. The number of hydrogen-bond acceptors (Lipinski definition) is 3. The lowest BCUT2D eigenvalue weighted by Crippen LogP contribution is -2.44. The van der Waals surface area contributed by atoms with Crippen LogP contribution in [0.5, 0.6) is 5.75 Å². The zero-order chi connectivity index (χ0) is 22.1. The van der Waals surface area contributed by atoms with Crippen molar-refractivity contribution >= 4 is 11.9 Å². The van der Waals surface area contributed by atoms with Gasteiger partial charge in [0, 0.05) is 39.6 Å². The summed E-state index contributed by atoms with van der Waals surface area (Å²) in [6.45, 7) is 1.53. The highest BCUT2D eigenvalue weighted by molar-refractivity contribution is 5.79. The number of carbonyl (C=O) groups is 1. The fourth-order valence-corrected chi connectivity index (χ4v) is 4.09. The molecule has 0 radical (unpaired) electrons. The first-order valence-electron chi connectivity index (χ1n) is 10.9. The number of ether oxygens (including phenoxy) is 1. The second-order valence-electron chi connectivity index (χ2n) is 8.36. The number of likely N-dealkylation sites (N-methyl/N-ethyl adjacent to an activating group) is 1. The highest BCUT2D eigenvalue weighted by Gasteiger charge is 2.35. The molecular formula is C25H34N4O2. The number of amides is 1. The molecule has 1 fully saturated rings. The monoisotopic (exact) mass is 422 g/mol. The van der Waals surface area contributed by atoms with Crippen molar-refractivity contribution < 1.29 is 9.53 Å². The summed E-state index contributed by atoms with van der Waals surface area (Å²) in [4.78, 5) is 17.7. The Bertz CT molecular complexity index is 874. The molecule has 31 heavy (non-hydrogen) atoms. The number of hydrogen-bond donors (Lipinski definition) is 2. The van der Waals surface area contributed by atoms with Crippen LogP contribution in [-0.4, -0.2) is 51.1 Å². The molecule has 0 heterocycles. The quantitative estimate of drug-likeness (QED) is 0.506. The first-order valence-corrected chi connectivity index (χ1v) is 10.9. The topological polar surface area (TPSA) is 66.0 Å². The van der Waals surface area contributed by atoms with Gasteiger partial charge in [0.05, 0.1) is 0 Å². The van der Waals surface area contributed by atoms with Crippen molar-refractivity contribution in [2.24, 2.45) is 4.99 Å². The highest BCUT2D eigenvalue weighted by atomic mass is 16.5. The Morgan fingerprint density at radius 2 is 1.81 bits per heavy atom. The Labute approximate surface area is 185 Å². The molecule has 1 amide bonds. The van der Waals surface area contributed by atoms with E-state index in [0.717, 1.165) is 18.1 Å². The minimum absolute atomic E-state index is 0.0364. The van der Waals surface area contributed by atoms with E-state index in [9.17, 15) is 4.79 Å². The van der Waals surface area contributed by atoms with Gasteiger partial charge in [0.1, 0.15) is 5.75 Å². The van der Waals surface area contributed by atoms with E-state index in [1.54, 1.807) is 21.1 Å². The number of rotatable bonds is 8. The molecule has 166 valence electrons. The van der Waals surface area contributed by atoms with Crippen LogP contribution < -0.4 is 15.4 Å². The van der Waals surface area contributed by atoms with E-state index < -0.39 is 0 Å². The van der Waals surface area contributed by atoms with Crippen molar-refractivity contribution in [1.82, 2.24) is 15.5 Å². The standard InChI is InChI=1S/C25H34N4O2/c1-26-24(28-19-25(14-7-8-15-25)21-11-5-4-6-12-21)27-17-20-10-9-13-22(16-20)31-18-23(30)29(2)3/h4-6,9-13,16H,7-8,14-15,17-19H2,1-3H3,(H2,26,27,28). The van der Waals surface area contributed by atoms with Gasteiger partial charge in [-0.05, 0) is 36.1 Å². The van der Waals surface area contributed by atoms with E-state index >= 15 is 0 Å². The molecular weight excluding hydrogens is 388 g/mol. The fourth-order valence-electron chi connectivity index (χ4n) is 4.09. The smallest absolute Gasteiger partial charge is 0.259 e. The third-order valence-corrected chi connectivity index (χ3v) is 5.98. The van der Waals surface area contributed by atoms with Gasteiger partial charge in [-0.1, -0.05) is 55.3 Å². The first-order chi connectivity index (χ1) is 15.0. The average Bonchev–Trinajstić information content (AvgIpc) is 3.28. The Hall–Kier alpha value is -3.02. The molecule has 0 aromatic heterocycles. The van der Waals surface area contributed by atoms with E-state index in [1.165, 1.54) is 36.1 Å². The van der Waals surface area contributed by atoms with E-state index in [4.69, 9.17) is 4.74 Å². The van der Waals surface area contributed by atoms with Gasteiger partial charge in [0.15, 0.2) is 12.6 Å². The molecule has 2 aromatic rings. The van der Waals surface area contributed by atoms with Gasteiger partial charge in [0.2, 0.25) is 0 Å². The van der Waals surface area contributed by atoms with Crippen molar-refractivity contribution in [3.8, 4) is 5.75 Å². The summed E-state index contributed by atoms with van der Waals surface area (Å²) in [5, 5.41) is 6.94. The van der Waals surface area contributed by atoms with Crippen molar-refractivity contribution in [3.63, 3.8) is 0 Å². The van der Waals surface area contributed by atoms with E-state index in [1.807, 2.05) is 24.3 Å². The maximum Gasteiger partial charge on any atom is 0.259 e. The number of guanidine groups is 1. The second-order valence-corrected chi connectivity index (χ2v) is 8.36. The molecule has 0 saturated heterocycles. The van der Waals surface area contributed by atoms with Crippen LogP contribution in [0, 0.1) is 0 Å². The van der Waals surface area contributed by atoms with E-state index in [-0.39, 0.29) is 17.9 Å². The predicted octanol–water partition coefficient (Wildman–Crippen LogP) is 3.33. The molecule has 2 N–H and O–H groups in total. The summed E-state index contributed by atoms with van der Waals surface area (Å²) in [7, 11) is 5.24. The predicted molar refractivity (Wildman–Crippen MR) is 125 cm³/mol. The van der Waals surface area contributed by atoms with Crippen molar-refractivity contribution in [1.29, 1.82) is 0 Å². The molecule has 0 bridgehead atoms. The lowest BCUT2D eigenvalue weighted by molar-refractivity contribution is -0.130. The normalized spacial score (nSPS) is 15.4. The Morgan fingerprint density at radius 3 is 2.48 bits per heavy atom. The second kappa shape index (κ2) is 10.8. The number of benzene rings is 2. The van der Waals surface area contributed by atoms with Gasteiger partial charge in [-0.2, -0.15) is 0 Å². The minimum atomic E-state index is -0.0626. The van der Waals surface area contributed by atoms with Crippen LogP contribution in [0.25, 0.3) is 0 Å². The van der Waals surface area contributed by atoms with E-state index in [2.05, 4.69) is 46.0 Å². The SMILES string of the molecule is CN=C(NCc1cccc(OCC(=O)N(C)C)c1)NCC1(c2ccccc2)CCCC1. The number of carbonyl (C=O) groups excluding carboxylic acids is 1. The third kappa shape index (κ3) is 6.23. The van der Waals surface area contributed by atoms with E-state index in [0.29, 0.717) is 12.3 Å². The van der Waals surface area contributed by atoms with Gasteiger partial charge < -0.3 is 20.3 Å². The molecule has 1 aliphatic rings. The highest BCUT2D eigenvalue weighted by Crippen LogP contribution is 2.40. The minimum Gasteiger partial charge on any atom is -0.484 e. The molecule has 0 spiro atoms. The fraction of sp³-hybridized carbons (Fsp3) is 0.440. The van der Waals surface area contributed by atoms with Crippen molar-refractivity contribution in [2.75, 3.05) is 34.3 Å². The summed E-state index contributed by atoms with van der Waals surface area (Å²) in [5.74, 6) is 1.41. The zero-order valence-electron chi connectivity index (χ0n) is 18.9. The van der Waals surface area contributed by atoms with Crippen LogP contribution in [0.4, 0.5) is 0 Å². The van der Waals surface area contributed by atoms with Crippen molar-refractivity contribution in [3.05, 3.63) is 65.7 Å². The average molecular weight is 423 g/mol. The molecule has 6 heteroatoms. The summed E-state index contributed by atoms with van der Waals surface area (Å²) in [5.41, 5.74) is 2.65. The molecule has 2 aromatic carbocycles. The Balaban J connectivity index is 1.55. The van der Waals surface area contributed by atoms with Gasteiger partial charge >= 0.3 is 0 Å². The Kier molecular flexibility index (Phi) is 7.93. The van der Waals surface area contributed by atoms with Crippen LogP contribution in [-0.2, 0) is 16.8 Å². The molecule has 0 aliphatic heterocycles. The van der Waals surface area contributed by atoms with Crippen LogP contribution in [0.2, 0.25) is 0 Å². The first kappa shape index (κ1) is 22.7. The number of nitrogens with zero attached hydrogens (tertiary/aromatic N) is 2. The van der Waals surface area contributed by atoms with Crippen LogP contribution >= 0.6 is 0 Å². The number of nitrogens with one attached hydrogen (secondary N) is 2.